The Kier molecular flexibility index (Phi) is 6.10. The van der Waals surface area contributed by atoms with Crippen LogP contribution in [0.4, 0.5) is 11.4 Å². The van der Waals surface area contributed by atoms with Gasteiger partial charge in [-0.15, -0.1) is 0 Å². The number of amides is 2. The smallest absolute Gasteiger partial charge is 0.253 e. The van der Waals surface area contributed by atoms with Gasteiger partial charge in [0.15, 0.2) is 0 Å². The lowest BCUT2D eigenvalue weighted by Gasteiger charge is -2.31. The van der Waals surface area contributed by atoms with Crippen LogP contribution in [0.3, 0.4) is 0 Å². The van der Waals surface area contributed by atoms with Crippen molar-refractivity contribution in [2.24, 2.45) is 5.92 Å². The van der Waals surface area contributed by atoms with E-state index in [4.69, 9.17) is 4.74 Å². The van der Waals surface area contributed by atoms with E-state index in [1.165, 1.54) is 0 Å². The first-order valence-electron chi connectivity index (χ1n) is 10.3. The van der Waals surface area contributed by atoms with Gasteiger partial charge in [0.1, 0.15) is 0 Å². The average Bonchev–Trinajstić information content (AvgIpc) is 2.72. The summed E-state index contributed by atoms with van der Waals surface area (Å²) in [4.78, 5) is 27.4. The third kappa shape index (κ3) is 4.77. The highest BCUT2D eigenvalue weighted by Crippen LogP contribution is 2.30. The maximum atomic E-state index is 12.9. The largest absolute Gasteiger partial charge is 0.378 e. The van der Waals surface area contributed by atoms with E-state index in [2.05, 4.69) is 15.5 Å². The van der Waals surface area contributed by atoms with Crippen LogP contribution in [0.2, 0.25) is 0 Å². The van der Waals surface area contributed by atoms with Crippen molar-refractivity contribution in [3.63, 3.8) is 0 Å². The van der Waals surface area contributed by atoms with E-state index in [-0.39, 0.29) is 17.7 Å². The zero-order valence-electron chi connectivity index (χ0n) is 16.5. The second kappa shape index (κ2) is 9.09. The van der Waals surface area contributed by atoms with E-state index in [1.807, 2.05) is 48.5 Å². The summed E-state index contributed by atoms with van der Waals surface area (Å²) >= 11 is 0. The number of carbonyl (C=O) groups excluding carboxylic acids is 2. The Balaban J connectivity index is 1.52. The average molecular weight is 393 g/mol. The van der Waals surface area contributed by atoms with Crippen LogP contribution < -0.4 is 15.5 Å². The van der Waals surface area contributed by atoms with E-state index >= 15 is 0 Å². The zero-order chi connectivity index (χ0) is 20.1. The number of hydrogen-bond acceptors (Lipinski definition) is 4. The molecule has 6 nitrogen and oxygen atoms in total. The van der Waals surface area contributed by atoms with Gasteiger partial charge in [0.25, 0.3) is 5.91 Å². The van der Waals surface area contributed by atoms with Gasteiger partial charge in [-0.1, -0.05) is 36.8 Å². The van der Waals surface area contributed by atoms with Crippen molar-refractivity contribution in [1.82, 2.24) is 5.32 Å². The first-order chi connectivity index (χ1) is 14.2. The molecule has 2 N–H and O–H groups in total. The molecule has 2 amide bonds. The predicted octanol–water partition coefficient (Wildman–Crippen LogP) is 3.19. The molecule has 2 aromatic rings. The van der Waals surface area contributed by atoms with E-state index < -0.39 is 0 Å². The van der Waals surface area contributed by atoms with Crippen LogP contribution in [0.15, 0.2) is 48.5 Å². The minimum Gasteiger partial charge on any atom is -0.378 e. The maximum Gasteiger partial charge on any atom is 0.253 e. The molecular formula is C23H27N3O3. The van der Waals surface area contributed by atoms with Crippen LogP contribution in [0.5, 0.6) is 0 Å². The Morgan fingerprint density at radius 2 is 1.79 bits per heavy atom. The van der Waals surface area contributed by atoms with Gasteiger partial charge in [0.2, 0.25) is 5.91 Å². The van der Waals surface area contributed by atoms with E-state index in [9.17, 15) is 9.59 Å². The number of anilines is 2. The topological polar surface area (TPSA) is 70.7 Å². The van der Waals surface area contributed by atoms with Gasteiger partial charge in [-0.3, -0.25) is 9.59 Å². The van der Waals surface area contributed by atoms with Crippen molar-refractivity contribution >= 4 is 23.2 Å². The minimum atomic E-state index is -0.118. The van der Waals surface area contributed by atoms with Gasteiger partial charge < -0.3 is 20.3 Å². The molecule has 1 aliphatic carbocycles. The Morgan fingerprint density at radius 1 is 1.03 bits per heavy atom. The number of nitrogens with zero attached hydrogens (tertiary/aromatic N) is 1. The highest BCUT2D eigenvalue weighted by molar-refractivity contribution is 6.01. The van der Waals surface area contributed by atoms with Crippen molar-refractivity contribution in [3.8, 4) is 0 Å². The highest BCUT2D eigenvalue weighted by atomic mass is 16.5. The molecule has 1 heterocycles. The molecule has 29 heavy (non-hydrogen) atoms. The van der Waals surface area contributed by atoms with Crippen LogP contribution in [0, 0.1) is 5.92 Å². The number of hydrogen-bond donors (Lipinski definition) is 2. The lowest BCUT2D eigenvalue weighted by atomic mass is 9.85. The van der Waals surface area contributed by atoms with Crippen molar-refractivity contribution < 1.29 is 14.3 Å². The summed E-state index contributed by atoms with van der Waals surface area (Å²) in [6, 6.07) is 15.4. The molecule has 1 aliphatic heterocycles. The Morgan fingerprint density at radius 3 is 2.48 bits per heavy atom. The Labute approximate surface area is 171 Å². The first kappa shape index (κ1) is 19.5. The van der Waals surface area contributed by atoms with Crippen molar-refractivity contribution in [3.05, 3.63) is 59.7 Å². The van der Waals surface area contributed by atoms with Crippen LogP contribution >= 0.6 is 0 Å². The fourth-order valence-electron chi connectivity index (χ4n) is 3.66. The summed E-state index contributed by atoms with van der Waals surface area (Å²) in [5.41, 5.74) is 3.25. The molecule has 152 valence electrons. The standard InChI is InChI=1S/C23H27N3O3/c27-22(18-7-4-8-18)25-19-9-10-20(21(15-19)26-11-13-29-14-12-26)23(28)24-16-17-5-2-1-3-6-17/h1-3,5-6,9-10,15,18H,4,7-8,11-14,16H2,(H,24,28)(H,25,27). The summed E-state index contributed by atoms with van der Waals surface area (Å²) in [6.45, 7) is 3.17. The molecule has 0 spiro atoms. The SMILES string of the molecule is O=C(NCc1ccccc1)c1ccc(NC(=O)C2CCC2)cc1N1CCOCC1. The summed E-state index contributed by atoms with van der Waals surface area (Å²) < 4.78 is 5.46. The van der Waals surface area contributed by atoms with Crippen LogP contribution in [-0.2, 0) is 16.1 Å². The molecule has 1 saturated carbocycles. The third-order valence-corrected chi connectivity index (χ3v) is 5.63. The Bertz CT molecular complexity index is 859. The van der Waals surface area contributed by atoms with Crippen LogP contribution in [-0.4, -0.2) is 38.1 Å². The van der Waals surface area contributed by atoms with E-state index in [0.29, 0.717) is 25.3 Å². The summed E-state index contributed by atoms with van der Waals surface area (Å²) in [6.07, 6.45) is 3.04. The lowest BCUT2D eigenvalue weighted by Crippen LogP contribution is -2.38. The summed E-state index contributed by atoms with van der Waals surface area (Å²) in [5, 5.41) is 6.03. The van der Waals surface area contributed by atoms with Gasteiger partial charge in [0, 0.05) is 31.2 Å². The van der Waals surface area contributed by atoms with Gasteiger partial charge in [-0.05, 0) is 36.6 Å². The summed E-state index contributed by atoms with van der Waals surface area (Å²) in [5.74, 6) is 0.0772. The summed E-state index contributed by atoms with van der Waals surface area (Å²) in [7, 11) is 0. The van der Waals surface area contributed by atoms with Crippen molar-refractivity contribution in [2.45, 2.75) is 25.8 Å². The molecule has 1 saturated heterocycles. The Hall–Kier alpha value is -2.86. The molecule has 0 unspecified atom stereocenters. The highest BCUT2D eigenvalue weighted by Gasteiger charge is 2.26. The van der Waals surface area contributed by atoms with Crippen LogP contribution in [0.25, 0.3) is 0 Å². The fraction of sp³-hybridized carbons (Fsp3) is 0.391. The van der Waals surface area contributed by atoms with Gasteiger partial charge in [0.05, 0.1) is 24.5 Å². The molecule has 2 aromatic carbocycles. The second-order valence-electron chi connectivity index (χ2n) is 7.62. The van der Waals surface area contributed by atoms with Gasteiger partial charge in [-0.25, -0.2) is 0 Å². The number of nitrogens with one attached hydrogen (secondary N) is 2. The van der Waals surface area contributed by atoms with Gasteiger partial charge in [-0.2, -0.15) is 0 Å². The monoisotopic (exact) mass is 393 g/mol. The predicted molar refractivity (Wildman–Crippen MR) is 113 cm³/mol. The molecule has 6 heteroatoms. The maximum absolute atomic E-state index is 12.9. The molecule has 2 fully saturated rings. The molecular weight excluding hydrogens is 366 g/mol. The number of ether oxygens (including phenoxy) is 1. The van der Waals surface area contributed by atoms with E-state index in [0.717, 1.165) is 49.3 Å². The second-order valence-corrected chi connectivity index (χ2v) is 7.62. The third-order valence-electron chi connectivity index (χ3n) is 5.63. The molecule has 2 aliphatic rings. The molecule has 4 rings (SSSR count). The normalized spacial score (nSPS) is 16.8. The van der Waals surface area contributed by atoms with Crippen LogP contribution in [0.1, 0.15) is 35.2 Å². The quantitative estimate of drug-likeness (QED) is 0.791. The van der Waals surface area contributed by atoms with Gasteiger partial charge >= 0.3 is 0 Å². The zero-order valence-corrected chi connectivity index (χ0v) is 16.5. The lowest BCUT2D eigenvalue weighted by molar-refractivity contribution is -0.122. The fourth-order valence-corrected chi connectivity index (χ4v) is 3.66. The molecule has 0 radical (unpaired) electrons. The number of benzene rings is 2. The van der Waals surface area contributed by atoms with Crippen molar-refractivity contribution in [1.29, 1.82) is 0 Å². The van der Waals surface area contributed by atoms with E-state index in [1.54, 1.807) is 0 Å². The number of rotatable bonds is 6. The number of carbonyl (C=O) groups is 2. The number of morpholine rings is 1. The van der Waals surface area contributed by atoms with Crippen molar-refractivity contribution in [2.75, 3.05) is 36.5 Å². The molecule has 0 bridgehead atoms. The minimum absolute atomic E-state index is 0.0745. The first-order valence-corrected chi connectivity index (χ1v) is 10.3. The molecule has 0 aromatic heterocycles. The molecule has 0 atom stereocenters.